The predicted molar refractivity (Wildman–Crippen MR) is 105 cm³/mol. The van der Waals surface area contributed by atoms with Crippen LogP contribution in [0.15, 0.2) is 66.9 Å². The van der Waals surface area contributed by atoms with Gasteiger partial charge >= 0.3 is 0 Å². The number of para-hydroxylation sites is 1. The molecule has 0 bridgehead atoms. The van der Waals surface area contributed by atoms with Crippen LogP contribution in [0.3, 0.4) is 0 Å². The van der Waals surface area contributed by atoms with Gasteiger partial charge in [-0.25, -0.2) is 4.68 Å². The molecule has 0 saturated carbocycles. The lowest BCUT2D eigenvalue weighted by Gasteiger charge is -2.05. The van der Waals surface area contributed by atoms with Gasteiger partial charge in [-0.2, -0.15) is 5.10 Å². The number of unbranched alkanes of at least 4 members (excludes halogenated alkanes) is 2. The first-order valence-corrected chi connectivity index (χ1v) is 9.24. The molecule has 4 heteroatoms. The number of amides is 1. The van der Waals surface area contributed by atoms with E-state index in [9.17, 15) is 4.79 Å². The van der Waals surface area contributed by atoms with Crippen molar-refractivity contribution in [2.45, 2.75) is 39.2 Å². The Bertz CT molecular complexity index is 825. The number of nitrogens with zero attached hydrogens (tertiary/aromatic N) is 2. The molecule has 1 aromatic heterocycles. The smallest absolute Gasteiger partial charge is 0.220 e. The zero-order valence-corrected chi connectivity index (χ0v) is 15.2. The van der Waals surface area contributed by atoms with Crippen molar-refractivity contribution in [2.75, 3.05) is 0 Å². The Balaban J connectivity index is 1.81. The molecule has 0 aliphatic heterocycles. The average Bonchev–Trinajstić information content (AvgIpc) is 3.12. The second kappa shape index (κ2) is 8.99. The highest BCUT2D eigenvalue weighted by Crippen LogP contribution is 2.23. The van der Waals surface area contributed by atoms with E-state index in [1.165, 1.54) is 0 Å². The Morgan fingerprint density at radius 2 is 1.69 bits per heavy atom. The largest absolute Gasteiger partial charge is 0.352 e. The molecule has 1 amide bonds. The van der Waals surface area contributed by atoms with Gasteiger partial charge in [-0.1, -0.05) is 68.3 Å². The van der Waals surface area contributed by atoms with Crippen molar-refractivity contribution >= 4 is 5.91 Å². The maximum Gasteiger partial charge on any atom is 0.220 e. The Labute approximate surface area is 154 Å². The molecular formula is C22H25N3O. The lowest BCUT2D eigenvalue weighted by molar-refractivity contribution is -0.121. The maximum atomic E-state index is 12.1. The highest BCUT2D eigenvalue weighted by Gasteiger charge is 2.13. The van der Waals surface area contributed by atoms with E-state index in [2.05, 4.69) is 12.2 Å². The van der Waals surface area contributed by atoms with Crippen molar-refractivity contribution in [3.8, 4) is 16.9 Å². The topological polar surface area (TPSA) is 46.9 Å². The third-order valence-corrected chi connectivity index (χ3v) is 4.34. The van der Waals surface area contributed by atoms with Crippen molar-refractivity contribution in [3.63, 3.8) is 0 Å². The van der Waals surface area contributed by atoms with Gasteiger partial charge in [0.1, 0.15) is 0 Å². The van der Waals surface area contributed by atoms with Crippen LogP contribution in [-0.4, -0.2) is 15.7 Å². The Hall–Kier alpha value is -2.88. The molecule has 4 nitrogen and oxygen atoms in total. The fourth-order valence-electron chi connectivity index (χ4n) is 2.91. The third kappa shape index (κ3) is 4.60. The predicted octanol–water partition coefficient (Wildman–Crippen LogP) is 4.74. The molecule has 0 unspecified atom stereocenters. The summed E-state index contributed by atoms with van der Waals surface area (Å²) in [6, 6.07) is 20.1. The quantitative estimate of drug-likeness (QED) is 0.599. The fraction of sp³-hybridized carbons (Fsp3) is 0.273. The molecule has 0 fully saturated rings. The van der Waals surface area contributed by atoms with Crippen LogP contribution < -0.4 is 5.32 Å². The third-order valence-electron chi connectivity index (χ3n) is 4.34. The van der Waals surface area contributed by atoms with E-state index < -0.39 is 0 Å². The number of hydrogen-bond donors (Lipinski definition) is 1. The van der Waals surface area contributed by atoms with Gasteiger partial charge in [0, 0.05) is 30.3 Å². The molecule has 0 saturated heterocycles. The van der Waals surface area contributed by atoms with E-state index in [-0.39, 0.29) is 5.91 Å². The number of carbonyl (C=O) groups excluding carboxylic acids is 1. The minimum Gasteiger partial charge on any atom is -0.352 e. The van der Waals surface area contributed by atoms with Crippen LogP contribution in [0.2, 0.25) is 0 Å². The van der Waals surface area contributed by atoms with Crippen molar-refractivity contribution in [1.82, 2.24) is 15.1 Å². The van der Waals surface area contributed by atoms with Crippen molar-refractivity contribution in [2.24, 2.45) is 0 Å². The van der Waals surface area contributed by atoms with Crippen molar-refractivity contribution < 1.29 is 4.79 Å². The van der Waals surface area contributed by atoms with E-state index in [4.69, 9.17) is 5.10 Å². The van der Waals surface area contributed by atoms with Gasteiger partial charge in [-0.3, -0.25) is 4.79 Å². The summed E-state index contributed by atoms with van der Waals surface area (Å²) in [6.07, 6.45) is 5.74. The van der Waals surface area contributed by atoms with E-state index in [0.717, 1.165) is 41.8 Å². The number of rotatable bonds is 8. The molecule has 0 radical (unpaired) electrons. The van der Waals surface area contributed by atoms with Crippen molar-refractivity contribution in [3.05, 3.63) is 72.4 Å². The summed E-state index contributed by atoms with van der Waals surface area (Å²) in [5, 5.41) is 7.81. The van der Waals surface area contributed by atoms with Gasteiger partial charge < -0.3 is 5.32 Å². The zero-order valence-electron chi connectivity index (χ0n) is 15.2. The first kappa shape index (κ1) is 17.9. The molecule has 3 rings (SSSR count). The molecule has 3 aromatic rings. The molecule has 1 heterocycles. The first-order valence-electron chi connectivity index (χ1n) is 9.24. The van der Waals surface area contributed by atoms with Crippen LogP contribution >= 0.6 is 0 Å². The van der Waals surface area contributed by atoms with E-state index >= 15 is 0 Å². The maximum absolute atomic E-state index is 12.1. The summed E-state index contributed by atoms with van der Waals surface area (Å²) in [6.45, 7) is 2.63. The molecule has 1 N–H and O–H groups in total. The Morgan fingerprint density at radius 1 is 1.00 bits per heavy atom. The highest BCUT2D eigenvalue weighted by molar-refractivity contribution is 5.76. The number of nitrogens with one attached hydrogen (secondary N) is 1. The Kier molecular flexibility index (Phi) is 6.20. The van der Waals surface area contributed by atoms with Crippen LogP contribution in [0.4, 0.5) is 0 Å². The van der Waals surface area contributed by atoms with Gasteiger partial charge in [-0.15, -0.1) is 0 Å². The highest BCUT2D eigenvalue weighted by atomic mass is 16.1. The lowest BCUT2D eigenvalue weighted by atomic mass is 10.1. The summed E-state index contributed by atoms with van der Waals surface area (Å²) < 4.78 is 1.88. The molecule has 0 aliphatic carbocycles. The van der Waals surface area contributed by atoms with E-state index in [1.807, 2.05) is 71.5 Å². The van der Waals surface area contributed by atoms with E-state index in [1.54, 1.807) is 0 Å². The molecular weight excluding hydrogens is 322 g/mol. The van der Waals surface area contributed by atoms with Gasteiger partial charge in [-0.05, 0) is 18.6 Å². The number of hydrogen-bond acceptors (Lipinski definition) is 2. The minimum atomic E-state index is 0.102. The van der Waals surface area contributed by atoms with Crippen molar-refractivity contribution in [1.29, 1.82) is 0 Å². The number of aromatic nitrogens is 2. The monoisotopic (exact) mass is 347 g/mol. The molecule has 0 spiro atoms. The molecule has 134 valence electrons. The second-order valence-electron chi connectivity index (χ2n) is 6.38. The van der Waals surface area contributed by atoms with Crippen LogP contribution in [-0.2, 0) is 11.3 Å². The Morgan fingerprint density at radius 3 is 2.38 bits per heavy atom. The minimum absolute atomic E-state index is 0.102. The fourth-order valence-corrected chi connectivity index (χ4v) is 2.91. The number of carbonyl (C=O) groups is 1. The van der Waals surface area contributed by atoms with Gasteiger partial charge in [0.25, 0.3) is 0 Å². The molecule has 0 atom stereocenters. The molecule has 0 aliphatic rings. The van der Waals surface area contributed by atoms with Gasteiger partial charge in [0.15, 0.2) is 0 Å². The van der Waals surface area contributed by atoms with Crippen LogP contribution in [0, 0.1) is 0 Å². The summed E-state index contributed by atoms with van der Waals surface area (Å²) in [5.41, 5.74) is 3.98. The van der Waals surface area contributed by atoms with Gasteiger partial charge in [0.05, 0.1) is 11.4 Å². The summed E-state index contributed by atoms with van der Waals surface area (Å²) in [4.78, 5) is 12.1. The van der Waals surface area contributed by atoms with Crippen LogP contribution in [0.1, 0.15) is 38.2 Å². The van der Waals surface area contributed by atoms with Gasteiger partial charge in [0.2, 0.25) is 5.91 Å². The average molecular weight is 347 g/mol. The molecule has 2 aromatic carbocycles. The summed E-state index contributed by atoms with van der Waals surface area (Å²) >= 11 is 0. The van der Waals surface area contributed by atoms with Crippen LogP contribution in [0.5, 0.6) is 0 Å². The normalized spacial score (nSPS) is 10.7. The molecule has 26 heavy (non-hydrogen) atoms. The summed E-state index contributed by atoms with van der Waals surface area (Å²) in [7, 11) is 0. The van der Waals surface area contributed by atoms with Crippen LogP contribution in [0.25, 0.3) is 16.9 Å². The van der Waals surface area contributed by atoms with E-state index in [0.29, 0.717) is 13.0 Å². The SMILES string of the molecule is CCCCCC(=O)NCc1cn(-c2ccccc2)nc1-c1ccccc1. The number of benzene rings is 2. The first-order chi connectivity index (χ1) is 12.8. The zero-order chi connectivity index (χ0) is 18.2. The standard InChI is InChI=1S/C22H25N3O/c1-2-3-6-15-21(26)23-16-19-17-25(20-13-9-5-10-14-20)24-22(19)18-11-7-4-8-12-18/h4-5,7-14,17H,2-3,6,15-16H2,1H3,(H,23,26). The second-order valence-corrected chi connectivity index (χ2v) is 6.38. The lowest BCUT2D eigenvalue weighted by Crippen LogP contribution is -2.22. The summed E-state index contributed by atoms with van der Waals surface area (Å²) in [5.74, 6) is 0.102.